The largest absolute Gasteiger partial charge is 0.478 e. The summed E-state index contributed by atoms with van der Waals surface area (Å²) < 4.78 is 2.02. The van der Waals surface area contributed by atoms with Crippen LogP contribution in [0.1, 0.15) is 10.4 Å². The number of hydrogen-bond donors (Lipinski definition) is 1. The van der Waals surface area contributed by atoms with Gasteiger partial charge in [0.15, 0.2) is 0 Å². The number of pyridine rings is 1. The van der Waals surface area contributed by atoms with Gasteiger partial charge in [0.05, 0.1) is 22.5 Å². The summed E-state index contributed by atoms with van der Waals surface area (Å²) in [6, 6.07) is 15.2. The molecule has 2 aliphatic rings. The SMILES string of the molecule is Cn1c2c3ccccc3nc-2cc2c(C(=O)O)cccc21. The van der Waals surface area contributed by atoms with Crippen molar-refractivity contribution in [2.24, 2.45) is 7.05 Å². The predicted molar refractivity (Wildman–Crippen MR) is 81.8 cm³/mol. The van der Waals surface area contributed by atoms with Gasteiger partial charge < -0.3 is 9.67 Å². The van der Waals surface area contributed by atoms with E-state index >= 15 is 0 Å². The summed E-state index contributed by atoms with van der Waals surface area (Å²) in [5.74, 6) is -0.920. The lowest BCUT2D eigenvalue weighted by molar-refractivity contribution is 0.0699. The lowest BCUT2D eigenvalue weighted by Crippen LogP contribution is -2.03. The third kappa shape index (κ3) is 1.56. The van der Waals surface area contributed by atoms with E-state index in [4.69, 9.17) is 0 Å². The minimum atomic E-state index is -0.920. The summed E-state index contributed by atoms with van der Waals surface area (Å²) in [5, 5.41) is 11.1. The fraction of sp³-hybridized carbons (Fsp3) is 0.0588. The molecule has 0 aromatic heterocycles. The topological polar surface area (TPSA) is 55.1 Å². The van der Waals surface area contributed by atoms with E-state index in [0.29, 0.717) is 10.9 Å². The van der Waals surface area contributed by atoms with Gasteiger partial charge >= 0.3 is 5.97 Å². The highest BCUT2D eigenvalue weighted by atomic mass is 16.4. The molecule has 1 N–H and O–H groups in total. The summed E-state index contributed by atoms with van der Waals surface area (Å²) in [4.78, 5) is 16.0. The van der Waals surface area contributed by atoms with Gasteiger partial charge in [-0.1, -0.05) is 24.3 Å². The molecule has 0 radical (unpaired) electrons. The van der Waals surface area contributed by atoms with Crippen molar-refractivity contribution in [1.82, 2.24) is 9.55 Å². The lowest BCUT2D eigenvalue weighted by Gasteiger charge is -2.13. The number of aromatic carboxylic acids is 1. The minimum Gasteiger partial charge on any atom is -0.478 e. The van der Waals surface area contributed by atoms with E-state index in [9.17, 15) is 9.90 Å². The Balaban J connectivity index is 2.25. The number of benzene rings is 2. The average Bonchev–Trinajstić information content (AvgIpc) is 2.85. The van der Waals surface area contributed by atoms with E-state index in [-0.39, 0.29) is 0 Å². The Bertz CT molecular complexity index is 985. The van der Waals surface area contributed by atoms with E-state index < -0.39 is 5.97 Å². The minimum absolute atomic E-state index is 0.303. The third-order valence-electron chi connectivity index (χ3n) is 3.93. The molecule has 4 rings (SSSR count). The Morgan fingerprint density at radius 1 is 1.10 bits per heavy atom. The quantitative estimate of drug-likeness (QED) is 0.578. The first kappa shape index (κ1) is 11.9. The molecular formula is C17H12N2O2. The molecule has 102 valence electrons. The molecule has 4 nitrogen and oxygen atoms in total. The number of aromatic nitrogens is 2. The molecule has 4 heteroatoms. The van der Waals surface area contributed by atoms with E-state index in [1.807, 2.05) is 48.0 Å². The highest BCUT2D eigenvalue weighted by Crippen LogP contribution is 2.34. The average molecular weight is 276 g/mol. The second kappa shape index (κ2) is 4.06. The van der Waals surface area contributed by atoms with Crippen molar-refractivity contribution in [3.8, 4) is 11.4 Å². The van der Waals surface area contributed by atoms with Crippen LogP contribution in [0.5, 0.6) is 0 Å². The van der Waals surface area contributed by atoms with Crippen LogP contribution in [0.4, 0.5) is 0 Å². The summed E-state index contributed by atoms with van der Waals surface area (Å²) in [6.45, 7) is 0. The molecule has 0 spiro atoms. The van der Waals surface area contributed by atoms with Crippen molar-refractivity contribution in [2.75, 3.05) is 0 Å². The Morgan fingerprint density at radius 3 is 2.71 bits per heavy atom. The smallest absolute Gasteiger partial charge is 0.336 e. The first-order valence-electron chi connectivity index (χ1n) is 6.67. The highest BCUT2D eigenvalue weighted by molar-refractivity contribution is 6.06. The van der Waals surface area contributed by atoms with Crippen LogP contribution in [0.2, 0.25) is 0 Å². The maximum absolute atomic E-state index is 11.4. The molecule has 0 unspecified atom stereocenters. The number of nitrogens with zero attached hydrogens (tertiary/aromatic N) is 2. The van der Waals surface area contributed by atoms with Crippen molar-refractivity contribution >= 4 is 27.8 Å². The number of para-hydroxylation sites is 1. The molecule has 0 fully saturated rings. The number of fused-ring (bicyclic) bond motifs is 4. The summed E-state index contributed by atoms with van der Waals surface area (Å²) >= 11 is 0. The van der Waals surface area contributed by atoms with Gasteiger partial charge in [-0.3, -0.25) is 0 Å². The molecule has 0 saturated carbocycles. The fourth-order valence-corrected chi connectivity index (χ4v) is 2.99. The number of hydrogen-bond acceptors (Lipinski definition) is 2. The van der Waals surface area contributed by atoms with Crippen LogP contribution in [0.3, 0.4) is 0 Å². The van der Waals surface area contributed by atoms with Gasteiger partial charge in [0.1, 0.15) is 0 Å². The van der Waals surface area contributed by atoms with Crippen LogP contribution in [0.15, 0.2) is 48.5 Å². The summed E-state index contributed by atoms with van der Waals surface area (Å²) in [5.41, 5.74) is 3.97. The van der Waals surface area contributed by atoms with Crippen LogP contribution in [0.25, 0.3) is 33.2 Å². The Kier molecular flexibility index (Phi) is 2.30. The van der Waals surface area contributed by atoms with E-state index in [1.54, 1.807) is 12.1 Å². The van der Waals surface area contributed by atoms with Crippen molar-refractivity contribution in [2.45, 2.75) is 0 Å². The molecule has 2 aromatic carbocycles. The third-order valence-corrected chi connectivity index (χ3v) is 3.93. The van der Waals surface area contributed by atoms with Crippen LogP contribution >= 0.6 is 0 Å². The highest BCUT2D eigenvalue weighted by Gasteiger charge is 2.18. The van der Waals surface area contributed by atoms with Gasteiger partial charge in [0.2, 0.25) is 0 Å². The monoisotopic (exact) mass is 276 g/mol. The molecule has 2 aliphatic heterocycles. The maximum atomic E-state index is 11.4. The number of rotatable bonds is 1. The van der Waals surface area contributed by atoms with Gasteiger partial charge in [-0.15, -0.1) is 0 Å². The first-order chi connectivity index (χ1) is 10.2. The molecule has 2 heterocycles. The van der Waals surface area contributed by atoms with Crippen LogP contribution in [-0.4, -0.2) is 20.6 Å². The molecule has 0 bridgehead atoms. The number of carboxylic acid groups (broad SMARTS) is 1. The summed E-state index contributed by atoms with van der Waals surface area (Å²) in [6.07, 6.45) is 0. The number of carbonyl (C=O) groups is 1. The molecule has 0 amide bonds. The first-order valence-corrected chi connectivity index (χ1v) is 6.67. The van der Waals surface area contributed by atoms with Crippen molar-refractivity contribution in [3.05, 3.63) is 54.1 Å². The number of carboxylic acids is 1. The molecular weight excluding hydrogens is 264 g/mol. The second-order valence-electron chi connectivity index (χ2n) is 5.11. The molecule has 21 heavy (non-hydrogen) atoms. The number of aryl methyl sites for hydroxylation is 1. The predicted octanol–water partition coefficient (Wildman–Crippen LogP) is 3.53. The normalized spacial score (nSPS) is 11.5. The Labute approximate surface area is 120 Å². The zero-order valence-electron chi connectivity index (χ0n) is 11.4. The van der Waals surface area contributed by atoms with E-state index in [1.165, 1.54) is 0 Å². The Morgan fingerprint density at radius 2 is 1.90 bits per heavy atom. The lowest BCUT2D eigenvalue weighted by atomic mass is 10.0. The van der Waals surface area contributed by atoms with Crippen molar-refractivity contribution < 1.29 is 9.90 Å². The standard InChI is InChI=1S/C17H12N2O2/c1-19-15-8-4-6-10(17(20)21)12(15)9-14-16(19)11-5-2-3-7-13(11)18-14/h2-9H,1H3,(H,20,21). The summed E-state index contributed by atoms with van der Waals surface area (Å²) in [7, 11) is 1.95. The van der Waals surface area contributed by atoms with Gasteiger partial charge in [0.25, 0.3) is 0 Å². The molecule has 0 saturated heterocycles. The van der Waals surface area contributed by atoms with Gasteiger partial charge in [-0.05, 0) is 24.3 Å². The second-order valence-corrected chi connectivity index (χ2v) is 5.11. The van der Waals surface area contributed by atoms with Crippen molar-refractivity contribution in [1.29, 1.82) is 0 Å². The fourth-order valence-electron chi connectivity index (χ4n) is 2.99. The zero-order chi connectivity index (χ0) is 14.6. The van der Waals surface area contributed by atoms with Crippen LogP contribution in [0, 0.1) is 0 Å². The van der Waals surface area contributed by atoms with E-state index in [2.05, 4.69) is 4.98 Å². The molecule has 0 atom stereocenters. The maximum Gasteiger partial charge on any atom is 0.336 e. The van der Waals surface area contributed by atoms with Crippen LogP contribution in [-0.2, 0) is 7.05 Å². The van der Waals surface area contributed by atoms with Gasteiger partial charge in [-0.2, -0.15) is 0 Å². The Hall–Kier alpha value is -2.88. The van der Waals surface area contributed by atoms with Gasteiger partial charge in [0, 0.05) is 23.3 Å². The zero-order valence-corrected chi connectivity index (χ0v) is 11.4. The van der Waals surface area contributed by atoms with Gasteiger partial charge in [-0.25, -0.2) is 9.78 Å². The molecule has 0 aliphatic carbocycles. The molecule has 2 aromatic rings. The van der Waals surface area contributed by atoms with Crippen molar-refractivity contribution in [3.63, 3.8) is 0 Å². The van der Waals surface area contributed by atoms with Crippen LogP contribution < -0.4 is 0 Å². The van der Waals surface area contributed by atoms with E-state index in [0.717, 1.165) is 27.8 Å².